The molecule has 0 aliphatic rings. The third-order valence-corrected chi connectivity index (χ3v) is 4.54. The van der Waals surface area contributed by atoms with E-state index >= 15 is 0 Å². The Morgan fingerprint density at radius 1 is 1.13 bits per heavy atom. The van der Waals surface area contributed by atoms with Crippen molar-refractivity contribution in [3.05, 3.63) is 80.0 Å². The zero-order chi connectivity index (χ0) is 22.5. The molecule has 158 valence electrons. The van der Waals surface area contributed by atoms with Crippen molar-refractivity contribution in [3.8, 4) is 11.3 Å². The fourth-order valence-electron chi connectivity index (χ4n) is 2.59. The molecule has 9 nitrogen and oxygen atoms in total. The van der Waals surface area contributed by atoms with Gasteiger partial charge in [0.05, 0.1) is 16.2 Å². The van der Waals surface area contributed by atoms with E-state index in [-0.39, 0.29) is 21.6 Å². The molecule has 2 aromatic carbocycles. The van der Waals surface area contributed by atoms with Crippen molar-refractivity contribution >= 4 is 52.6 Å². The highest BCUT2D eigenvalue weighted by Gasteiger charge is 2.18. The summed E-state index contributed by atoms with van der Waals surface area (Å²) in [6.45, 7) is 1.37. The number of hydrogen-bond acceptors (Lipinski definition) is 6. The minimum Gasteiger partial charge on any atom is -0.455 e. The number of benzene rings is 2. The highest BCUT2D eigenvalue weighted by Crippen LogP contribution is 2.37. The third kappa shape index (κ3) is 5.47. The van der Waals surface area contributed by atoms with Crippen LogP contribution in [0.15, 0.2) is 58.0 Å². The van der Waals surface area contributed by atoms with Gasteiger partial charge in [-0.25, -0.2) is 5.43 Å². The summed E-state index contributed by atoms with van der Waals surface area (Å²) < 4.78 is 5.60. The highest BCUT2D eigenvalue weighted by molar-refractivity contribution is 6.36. The number of nitrogens with zero attached hydrogens (tertiary/aromatic N) is 2. The Bertz CT molecular complexity index is 1210. The minimum atomic E-state index is -0.632. The molecule has 0 radical (unpaired) electrons. The summed E-state index contributed by atoms with van der Waals surface area (Å²) in [5.41, 5.74) is 3.20. The number of furan rings is 1. The Kier molecular flexibility index (Phi) is 6.68. The lowest BCUT2D eigenvalue weighted by Crippen LogP contribution is -2.18. The molecule has 2 amide bonds. The summed E-state index contributed by atoms with van der Waals surface area (Å²) in [5, 5.41) is 17.4. The molecule has 0 spiro atoms. The largest absolute Gasteiger partial charge is 0.455 e. The van der Waals surface area contributed by atoms with E-state index in [2.05, 4.69) is 15.8 Å². The quantitative estimate of drug-likeness (QED) is 0.307. The molecule has 0 unspecified atom stereocenters. The molecule has 31 heavy (non-hydrogen) atoms. The van der Waals surface area contributed by atoms with Crippen LogP contribution in [0, 0.1) is 10.1 Å². The van der Waals surface area contributed by atoms with Gasteiger partial charge in [0, 0.05) is 29.8 Å². The van der Waals surface area contributed by atoms with E-state index in [0.29, 0.717) is 28.3 Å². The maximum Gasteiger partial charge on any atom is 0.289 e. The summed E-state index contributed by atoms with van der Waals surface area (Å²) in [5.74, 6) is -0.121. The Morgan fingerprint density at radius 3 is 2.61 bits per heavy atom. The van der Waals surface area contributed by atoms with Crippen molar-refractivity contribution in [2.24, 2.45) is 5.10 Å². The number of hydrazone groups is 1. The van der Waals surface area contributed by atoms with Gasteiger partial charge in [-0.05, 0) is 36.4 Å². The zero-order valence-electron chi connectivity index (χ0n) is 15.9. The van der Waals surface area contributed by atoms with Crippen molar-refractivity contribution in [1.29, 1.82) is 0 Å². The predicted octanol–water partition coefficient (Wildman–Crippen LogP) is 4.88. The second kappa shape index (κ2) is 9.41. The SMILES string of the molecule is CC(=O)Nc1cccc(C(=O)N/N=C\c2ccc(-c3cc(Cl)c([N+](=O)[O-])cc3Cl)o2)c1. The fourth-order valence-corrected chi connectivity index (χ4v) is 3.08. The number of rotatable bonds is 6. The lowest BCUT2D eigenvalue weighted by Gasteiger charge is -2.04. The van der Waals surface area contributed by atoms with Gasteiger partial charge in [-0.15, -0.1) is 0 Å². The van der Waals surface area contributed by atoms with E-state index in [1.165, 1.54) is 25.3 Å². The number of hydrogen-bond donors (Lipinski definition) is 2. The van der Waals surface area contributed by atoms with E-state index in [4.69, 9.17) is 27.6 Å². The van der Waals surface area contributed by atoms with Crippen molar-refractivity contribution in [2.75, 3.05) is 5.32 Å². The smallest absolute Gasteiger partial charge is 0.289 e. The minimum absolute atomic E-state index is 0.0789. The third-order valence-electron chi connectivity index (χ3n) is 3.93. The van der Waals surface area contributed by atoms with Gasteiger partial charge < -0.3 is 9.73 Å². The Labute approximate surface area is 185 Å². The van der Waals surface area contributed by atoms with E-state index in [1.807, 2.05) is 0 Å². The number of nitro benzene ring substituents is 1. The highest BCUT2D eigenvalue weighted by atomic mass is 35.5. The van der Waals surface area contributed by atoms with E-state index in [1.54, 1.807) is 30.3 Å². The number of anilines is 1. The normalized spacial score (nSPS) is 10.8. The number of carbonyl (C=O) groups excluding carboxylic acids is 2. The summed E-state index contributed by atoms with van der Waals surface area (Å²) in [4.78, 5) is 33.6. The molecule has 0 saturated heterocycles. The van der Waals surface area contributed by atoms with Crippen molar-refractivity contribution in [2.45, 2.75) is 6.92 Å². The van der Waals surface area contributed by atoms with Gasteiger partial charge in [0.1, 0.15) is 16.5 Å². The number of carbonyl (C=O) groups is 2. The maximum absolute atomic E-state index is 12.2. The summed E-state index contributed by atoms with van der Waals surface area (Å²) in [6, 6.07) is 12.0. The monoisotopic (exact) mass is 460 g/mol. The molecule has 3 aromatic rings. The number of nitrogens with one attached hydrogen (secondary N) is 2. The predicted molar refractivity (Wildman–Crippen MR) is 117 cm³/mol. The van der Waals surface area contributed by atoms with Crippen LogP contribution in [0.5, 0.6) is 0 Å². The first-order valence-electron chi connectivity index (χ1n) is 8.69. The van der Waals surface area contributed by atoms with Crippen LogP contribution in [0.4, 0.5) is 11.4 Å². The molecule has 0 saturated carbocycles. The number of amides is 2. The first-order valence-corrected chi connectivity index (χ1v) is 9.45. The summed E-state index contributed by atoms with van der Waals surface area (Å²) in [7, 11) is 0. The van der Waals surface area contributed by atoms with Gasteiger partial charge in [-0.1, -0.05) is 29.3 Å². The Hall–Kier alpha value is -3.69. The van der Waals surface area contributed by atoms with Crippen molar-refractivity contribution < 1.29 is 18.9 Å². The van der Waals surface area contributed by atoms with Gasteiger partial charge in [0.2, 0.25) is 5.91 Å². The molecule has 1 heterocycles. The van der Waals surface area contributed by atoms with Crippen LogP contribution in [0.2, 0.25) is 10.0 Å². The van der Waals surface area contributed by atoms with Crippen LogP contribution in [0.1, 0.15) is 23.0 Å². The van der Waals surface area contributed by atoms with E-state index < -0.39 is 10.8 Å². The van der Waals surface area contributed by atoms with Gasteiger partial charge in [-0.3, -0.25) is 19.7 Å². The van der Waals surface area contributed by atoms with Crippen LogP contribution >= 0.6 is 23.2 Å². The summed E-state index contributed by atoms with van der Waals surface area (Å²) >= 11 is 12.0. The maximum atomic E-state index is 12.2. The second-order valence-electron chi connectivity index (χ2n) is 6.20. The van der Waals surface area contributed by atoms with Gasteiger partial charge >= 0.3 is 0 Å². The van der Waals surface area contributed by atoms with Crippen LogP contribution in [0.3, 0.4) is 0 Å². The van der Waals surface area contributed by atoms with Gasteiger partial charge in [0.25, 0.3) is 11.6 Å². The molecule has 11 heteroatoms. The Balaban J connectivity index is 1.70. The van der Waals surface area contributed by atoms with Crippen LogP contribution in [-0.4, -0.2) is 23.0 Å². The van der Waals surface area contributed by atoms with Crippen LogP contribution in [0.25, 0.3) is 11.3 Å². The Morgan fingerprint density at radius 2 is 1.90 bits per heavy atom. The van der Waals surface area contributed by atoms with Crippen LogP contribution in [-0.2, 0) is 4.79 Å². The zero-order valence-corrected chi connectivity index (χ0v) is 17.4. The molecule has 0 fully saturated rings. The van der Waals surface area contributed by atoms with Crippen molar-refractivity contribution in [3.63, 3.8) is 0 Å². The molecule has 0 aliphatic heterocycles. The number of nitro groups is 1. The van der Waals surface area contributed by atoms with Gasteiger partial charge in [0.15, 0.2) is 0 Å². The second-order valence-corrected chi connectivity index (χ2v) is 7.02. The standard InChI is InChI=1S/C20H14Cl2N4O5/c1-11(27)24-13-4-2-3-12(7-13)20(28)25-23-10-14-5-6-19(31-14)15-8-17(22)18(26(29)30)9-16(15)21/h2-10H,1H3,(H,24,27)(H,25,28)/b23-10-. The molecular formula is C20H14Cl2N4O5. The molecule has 0 atom stereocenters. The first kappa shape index (κ1) is 22.0. The van der Waals surface area contributed by atoms with Crippen LogP contribution < -0.4 is 10.7 Å². The molecule has 3 rings (SSSR count). The number of halogens is 2. The van der Waals surface area contributed by atoms with Gasteiger partial charge in [-0.2, -0.15) is 5.10 Å². The van der Waals surface area contributed by atoms with E-state index in [0.717, 1.165) is 6.07 Å². The average molecular weight is 461 g/mol. The molecular weight excluding hydrogens is 447 g/mol. The molecule has 0 aliphatic carbocycles. The van der Waals surface area contributed by atoms with Crippen molar-refractivity contribution in [1.82, 2.24) is 5.43 Å². The van der Waals surface area contributed by atoms with E-state index in [9.17, 15) is 19.7 Å². The molecule has 2 N–H and O–H groups in total. The lowest BCUT2D eigenvalue weighted by atomic mass is 10.1. The summed E-state index contributed by atoms with van der Waals surface area (Å²) in [6.07, 6.45) is 1.28. The molecule has 1 aromatic heterocycles. The fraction of sp³-hybridized carbons (Fsp3) is 0.0500. The molecule has 0 bridgehead atoms. The first-order chi connectivity index (χ1) is 14.7. The average Bonchev–Trinajstić information content (AvgIpc) is 3.17. The lowest BCUT2D eigenvalue weighted by molar-refractivity contribution is -0.384. The topological polar surface area (TPSA) is 127 Å².